The number of carboxylic acids is 1. The van der Waals surface area contributed by atoms with Gasteiger partial charge < -0.3 is 9.52 Å². The summed E-state index contributed by atoms with van der Waals surface area (Å²) in [4.78, 5) is 10.3. The number of hydrogen-bond donors (Lipinski definition) is 1. The minimum absolute atomic E-state index is 0.265. The molecule has 1 N–H and O–H groups in total. The van der Waals surface area contributed by atoms with Crippen molar-refractivity contribution in [3.63, 3.8) is 0 Å². The van der Waals surface area contributed by atoms with Crippen molar-refractivity contribution in [2.75, 3.05) is 0 Å². The zero-order valence-corrected chi connectivity index (χ0v) is 9.80. The van der Waals surface area contributed by atoms with E-state index in [1.165, 1.54) is 18.9 Å². The Balaban J connectivity index is 2.00. The SMILES string of the molecule is CC1CCC(c2nnc(/C=C/C(=O)O)o2)CC1. The molecule has 0 spiro atoms. The van der Waals surface area contributed by atoms with Crippen LogP contribution in [0.3, 0.4) is 0 Å². The lowest BCUT2D eigenvalue weighted by Gasteiger charge is -2.23. The fraction of sp³-hybridized carbons (Fsp3) is 0.583. The quantitative estimate of drug-likeness (QED) is 0.816. The first-order valence-corrected chi connectivity index (χ1v) is 5.89. The van der Waals surface area contributed by atoms with Gasteiger partial charge in [0, 0.05) is 18.1 Å². The molecule has 17 heavy (non-hydrogen) atoms. The first-order valence-electron chi connectivity index (χ1n) is 5.89. The molecule has 0 aromatic carbocycles. The van der Waals surface area contributed by atoms with E-state index in [0.717, 1.165) is 24.8 Å². The zero-order chi connectivity index (χ0) is 12.3. The molecule has 0 atom stereocenters. The third kappa shape index (κ3) is 3.15. The van der Waals surface area contributed by atoms with Gasteiger partial charge in [0.2, 0.25) is 11.8 Å². The van der Waals surface area contributed by atoms with Crippen molar-refractivity contribution < 1.29 is 14.3 Å². The van der Waals surface area contributed by atoms with E-state index in [-0.39, 0.29) is 5.89 Å². The van der Waals surface area contributed by atoms with Crippen molar-refractivity contribution in [1.29, 1.82) is 0 Å². The molecule has 0 aliphatic heterocycles. The average molecular weight is 236 g/mol. The van der Waals surface area contributed by atoms with E-state index in [2.05, 4.69) is 17.1 Å². The van der Waals surface area contributed by atoms with Gasteiger partial charge in [-0.2, -0.15) is 0 Å². The van der Waals surface area contributed by atoms with Crippen LogP contribution in [-0.2, 0) is 4.79 Å². The molecule has 0 radical (unpaired) electrons. The molecule has 1 aromatic heterocycles. The van der Waals surface area contributed by atoms with E-state index in [1.54, 1.807) is 0 Å². The normalized spacial score (nSPS) is 25.2. The maximum Gasteiger partial charge on any atom is 0.328 e. The van der Waals surface area contributed by atoms with Gasteiger partial charge in [0.25, 0.3) is 0 Å². The number of hydrogen-bond acceptors (Lipinski definition) is 4. The molecule has 1 saturated carbocycles. The molecular formula is C12H16N2O3. The molecule has 1 aromatic rings. The highest BCUT2D eigenvalue weighted by Crippen LogP contribution is 2.34. The molecular weight excluding hydrogens is 220 g/mol. The van der Waals surface area contributed by atoms with Gasteiger partial charge in [0.05, 0.1) is 0 Å². The second-order valence-electron chi connectivity index (χ2n) is 4.61. The summed E-state index contributed by atoms with van der Waals surface area (Å²) in [5, 5.41) is 16.3. The number of carboxylic acid groups (broad SMARTS) is 1. The van der Waals surface area contributed by atoms with E-state index in [4.69, 9.17) is 9.52 Å². The summed E-state index contributed by atoms with van der Waals surface area (Å²) in [6.45, 7) is 2.26. The van der Waals surface area contributed by atoms with Crippen LogP contribution in [0.15, 0.2) is 10.5 Å². The number of rotatable bonds is 3. The Hall–Kier alpha value is -1.65. The Labute approximate surface area is 99.5 Å². The van der Waals surface area contributed by atoms with Gasteiger partial charge in [0.15, 0.2) is 0 Å². The fourth-order valence-corrected chi connectivity index (χ4v) is 2.13. The van der Waals surface area contributed by atoms with Crippen molar-refractivity contribution >= 4 is 12.0 Å². The lowest BCUT2D eigenvalue weighted by Crippen LogP contribution is -2.10. The van der Waals surface area contributed by atoms with Gasteiger partial charge in [-0.3, -0.25) is 0 Å². The number of nitrogens with zero attached hydrogens (tertiary/aromatic N) is 2. The van der Waals surface area contributed by atoms with Crippen LogP contribution in [0.2, 0.25) is 0 Å². The van der Waals surface area contributed by atoms with Crippen LogP contribution in [0.4, 0.5) is 0 Å². The lowest BCUT2D eigenvalue weighted by molar-refractivity contribution is -0.131. The molecule has 1 heterocycles. The van der Waals surface area contributed by atoms with Gasteiger partial charge in [-0.15, -0.1) is 10.2 Å². The van der Waals surface area contributed by atoms with Gasteiger partial charge in [0.1, 0.15) is 0 Å². The van der Waals surface area contributed by atoms with Crippen molar-refractivity contribution in [3.05, 3.63) is 17.9 Å². The Morgan fingerprint density at radius 3 is 2.71 bits per heavy atom. The Kier molecular flexibility index (Phi) is 3.56. The summed E-state index contributed by atoms with van der Waals surface area (Å²) in [7, 11) is 0. The molecule has 1 fully saturated rings. The van der Waals surface area contributed by atoms with Gasteiger partial charge >= 0.3 is 5.97 Å². The van der Waals surface area contributed by atoms with Crippen molar-refractivity contribution in [2.24, 2.45) is 5.92 Å². The molecule has 0 unspecified atom stereocenters. The highest BCUT2D eigenvalue weighted by molar-refractivity contribution is 5.84. The number of aromatic nitrogens is 2. The smallest absolute Gasteiger partial charge is 0.328 e. The van der Waals surface area contributed by atoms with Gasteiger partial charge in [-0.25, -0.2) is 4.79 Å². The van der Waals surface area contributed by atoms with Crippen molar-refractivity contribution in [2.45, 2.75) is 38.5 Å². The summed E-state index contributed by atoms with van der Waals surface area (Å²) in [6.07, 6.45) is 6.85. The van der Waals surface area contributed by atoms with E-state index in [9.17, 15) is 4.79 Å². The third-order valence-electron chi connectivity index (χ3n) is 3.19. The molecule has 5 heteroatoms. The van der Waals surface area contributed by atoms with Crippen LogP contribution in [0.25, 0.3) is 6.08 Å². The Morgan fingerprint density at radius 1 is 1.35 bits per heavy atom. The molecule has 5 nitrogen and oxygen atoms in total. The maximum atomic E-state index is 10.3. The lowest BCUT2D eigenvalue weighted by atomic mass is 9.83. The Bertz CT molecular complexity index is 417. The molecule has 0 saturated heterocycles. The van der Waals surface area contributed by atoms with Gasteiger partial charge in [-0.1, -0.05) is 6.92 Å². The number of carbonyl (C=O) groups is 1. The number of aliphatic carboxylic acids is 1. The summed E-state index contributed by atoms with van der Waals surface area (Å²) in [6, 6.07) is 0. The molecule has 0 bridgehead atoms. The summed E-state index contributed by atoms with van der Waals surface area (Å²) >= 11 is 0. The van der Waals surface area contributed by atoms with Crippen LogP contribution in [0.5, 0.6) is 0 Å². The average Bonchev–Trinajstić information content (AvgIpc) is 2.76. The molecule has 92 valence electrons. The van der Waals surface area contributed by atoms with E-state index in [0.29, 0.717) is 11.8 Å². The highest BCUT2D eigenvalue weighted by atomic mass is 16.4. The first-order chi connectivity index (χ1) is 8.15. The van der Waals surface area contributed by atoms with Crippen LogP contribution >= 0.6 is 0 Å². The Morgan fingerprint density at radius 2 is 2.06 bits per heavy atom. The van der Waals surface area contributed by atoms with Crippen LogP contribution in [-0.4, -0.2) is 21.3 Å². The summed E-state index contributed by atoms with van der Waals surface area (Å²) in [5.41, 5.74) is 0. The predicted molar refractivity (Wildman–Crippen MR) is 61.3 cm³/mol. The molecule has 1 aliphatic carbocycles. The second kappa shape index (κ2) is 5.12. The fourth-order valence-electron chi connectivity index (χ4n) is 2.13. The largest absolute Gasteiger partial charge is 0.478 e. The zero-order valence-electron chi connectivity index (χ0n) is 9.80. The van der Waals surface area contributed by atoms with Crippen molar-refractivity contribution in [1.82, 2.24) is 10.2 Å². The topological polar surface area (TPSA) is 76.2 Å². The first kappa shape index (κ1) is 11.8. The van der Waals surface area contributed by atoms with E-state index < -0.39 is 5.97 Å². The van der Waals surface area contributed by atoms with E-state index >= 15 is 0 Å². The maximum absolute atomic E-state index is 10.3. The standard InChI is InChI=1S/C12H16N2O3/c1-8-2-4-9(5-3-8)12-14-13-10(17-12)6-7-11(15)16/h6-9H,2-5H2,1H3,(H,15,16)/b7-6+. The van der Waals surface area contributed by atoms with Crippen LogP contribution < -0.4 is 0 Å². The third-order valence-corrected chi connectivity index (χ3v) is 3.19. The van der Waals surface area contributed by atoms with E-state index in [1.807, 2.05) is 0 Å². The minimum atomic E-state index is -1.02. The predicted octanol–water partition coefficient (Wildman–Crippen LogP) is 2.46. The molecule has 2 rings (SSSR count). The second-order valence-corrected chi connectivity index (χ2v) is 4.61. The van der Waals surface area contributed by atoms with Crippen molar-refractivity contribution in [3.8, 4) is 0 Å². The van der Waals surface area contributed by atoms with Crippen LogP contribution in [0.1, 0.15) is 50.3 Å². The van der Waals surface area contributed by atoms with Crippen LogP contribution in [0, 0.1) is 5.92 Å². The monoisotopic (exact) mass is 236 g/mol. The molecule has 1 aliphatic rings. The molecule has 0 amide bonds. The summed E-state index contributed by atoms with van der Waals surface area (Å²) in [5.74, 6) is 1.01. The minimum Gasteiger partial charge on any atom is -0.478 e. The van der Waals surface area contributed by atoms with Gasteiger partial charge in [-0.05, 0) is 31.6 Å². The highest BCUT2D eigenvalue weighted by Gasteiger charge is 2.23. The summed E-state index contributed by atoms with van der Waals surface area (Å²) < 4.78 is 5.44.